The third-order valence-corrected chi connectivity index (χ3v) is 3.31. The largest absolute Gasteiger partial charge is 0.489 e. The van der Waals surface area contributed by atoms with Crippen LogP contribution >= 0.6 is 0 Å². The van der Waals surface area contributed by atoms with E-state index in [1.807, 2.05) is 12.3 Å². The van der Waals surface area contributed by atoms with Crippen molar-refractivity contribution in [1.29, 1.82) is 0 Å². The fourth-order valence-corrected chi connectivity index (χ4v) is 2.21. The van der Waals surface area contributed by atoms with Gasteiger partial charge in [-0.3, -0.25) is 4.98 Å². The van der Waals surface area contributed by atoms with Crippen molar-refractivity contribution in [1.82, 2.24) is 10.3 Å². The van der Waals surface area contributed by atoms with Gasteiger partial charge in [0.05, 0.1) is 24.7 Å². The normalized spacial score (nSPS) is 15.2. The molecule has 1 aromatic heterocycles. The van der Waals surface area contributed by atoms with Crippen LogP contribution in [0.5, 0.6) is 5.75 Å². The lowest BCUT2D eigenvalue weighted by Gasteiger charge is -2.29. The number of nitrogens with one attached hydrogen (secondary N) is 1. The minimum Gasteiger partial charge on any atom is -0.489 e. The van der Waals surface area contributed by atoms with Crippen LogP contribution in [0.1, 0.15) is 6.42 Å². The maximum absolute atomic E-state index is 5.68. The summed E-state index contributed by atoms with van der Waals surface area (Å²) < 4.78 is 16.1. The van der Waals surface area contributed by atoms with Crippen molar-refractivity contribution in [2.24, 2.45) is 0 Å². The molecule has 0 saturated carbocycles. The van der Waals surface area contributed by atoms with Crippen LogP contribution in [0, 0.1) is 0 Å². The molecule has 0 bridgehead atoms. The van der Waals surface area contributed by atoms with Crippen LogP contribution in [0.3, 0.4) is 0 Å². The SMILES string of the molecule is COCCCOCCOc1cncc(N2CCNCC2)c1. The predicted octanol–water partition coefficient (Wildman–Crippen LogP) is 0.923. The lowest BCUT2D eigenvalue weighted by Crippen LogP contribution is -2.43. The Morgan fingerprint density at radius 3 is 2.81 bits per heavy atom. The minimum absolute atomic E-state index is 0.541. The van der Waals surface area contributed by atoms with Crippen molar-refractivity contribution in [2.45, 2.75) is 6.42 Å². The number of rotatable bonds is 9. The van der Waals surface area contributed by atoms with Crippen LogP contribution in [-0.4, -0.2) is 64.7 Å². The highest BCUT2D eigenvalue weighted by atomic mass is 16.5. The predicted molar refractivity (Wildman–Crippen MR) is 82.1 cm³/mol. The summed E-state index contributed by atoms with van der Waals surface area (Å²) in [7, 11) is 1.70. The molecule has 118 valence electrons. The first-order valence-electron chi connectivity index (χ1n) is 7.50. The Labute approximate surface area is 126 Å². The van der Waals surface area contributed by atoms with Crippen molar-refractivity contribution in [3.05, 3.63) is 18.5 Å². The van der Waals surface area contributed by atoms with Crippen molar-refractivity contribution in [3.63, 3.8) is 0 Å². The van der Waals surface area contributed by atoms with Crippen molar-refractivity contribution >= 4 is 5.69 Å². The van der Waals surface area contributed by atoms with E-state index in [1.54, 1.807) is 13.3 Å². The molecule has 1 saturated heterocycles. The number of hydrogen-bond acceptors (Lipinski definition) is 6. The second-order valence-corrected chi connectivity index (χ2v) is 4.92. The van der Waals surface area contributed by atoms with Crippen molar-refractivity contribution in [2.75, 3.05) is 64.6 Å². The number of aromatic nitrogens is 1. The van der Waals surface area contributed by atoms with E-state index in [0.717, 1.165) is 50.6 Å². The maximum atomic E-state index is 5.68. The molecule has 0 amide bonds. The highest BCUT2D eigenvalue weighted by molar-refractivity contribution is 5.48. The molecule has 1 fully saturated rings. The summed E-state index contributed by atoms with van der Waals surface area (Å²) in [5.74, 6) is 0.798. The van der Waals surface area contributed by atoms with E-state index in [1.165, 1.54) is 0 Å². The summed E-state index contributed by atoms with van der Waals surface area (Å²) in [6.45, 7) is 6.61. The van der Waals surface area contributed by atoms with Crippen LogP contribution in [0.2, 0.25) is 0 Å². The quantitative estimate of drug-likeness (QED) is 0.684. The average Bonchev–Trinajstić information content (AvgIpc) is 2.55. The fourth-order valence-electron chi connectivity index (χ4n) is 2.21. The van der Waals surface area contributed by atoms with Gasteiger partial charge in [0.2, 0.25) is 0 Å². The highest BCUT2D eigenvalue weighted by Gasteiger charge is 2.11. The van der Waals surface area contributed by atoms with Gasteiger partial charge in [-0.25, -0.2) is 0 Å². The minimum atomic E-state index is 0.541. The molecule has 0 atom stereocenters. The Balaban J connectivity index is 1.68. The van der Waals surface area contributed by atoms with Gasteiger partial charge in [-0.1, -0.05) is 0 Å². The summed E-state index contributed by atoms with van der Waals surface area (Å²) in [6, 6.07) is 2.04. The first-order valence-corrected chi connectivity index (χ1v) is 7.50. The third-order valence-electron chi connectivity index (χ3n) is 3.31. The second-order valence-electron chi connectivity index (χ2n) is 4.92. The zero-order valence-corrected chi connectivity index (χ0v) is 12.7. The topological polar surface area (TPSA) is 55.9 Å². The lowest BCUT2D eigenvalue weighted by molar-refractivity contribution is 0.0806. The summed E-state index contributed by atoms with van der Waals surface area (Å²) in [4.78, 5) is 6.57. The third kappa shape index (κ3) is 5.87. The fraction of sp³-hybridized carbons (Fsp3) is 0.667. The standard InChI is InChI=1S/C15H25N3O3/c1-19-7-2-8-20-9-10-21-15-11-14(12-17-13-15)18-5-3-16-4-6-18/h11-13,16H,2-10H2,1H3. The summed E-state index contributed by atoms with van der Waals surface area (Å²) in [6.07, 6.45) is 4.55. The number of nitrogens with zero attached hydrogens (tertiary/aromatic N) is 2. The zero-order valence-electron chi connectivity index (χ0n) is 12.7. The molecule has 21 heavy (non-hydrogen) atoms. The monoisotopic (exact) mass is 295 g/mol. The van der Waals surface area contributed by atoms with Gasteiger partial charge in [0.25, 0.3) is 0 Å². The molecule has 1 aliphatic rings. The molecule has 1 aromatic rings. The molecule has 1 N–H and O–H groups in total. The van der Waals surface area contributed by atoms with Gasteiger partial charge in [0, 0.05) is 52.6 Å². The smallest absolute Gasteiger partial charge is 0.139 e. The first-order chi connectivity index (χ1) is 10.4. The molecule has 6 nitrogen and oxygen atoms in total. The van der Waals surface area contributed by atoms with Crippen LogP contribution in [0.4, 0.5) is 5.69 Å². The molecule has 2 heterocycles. The summed E-state index contributed by atoms with van der Waals surface area (Å²) in [5.41, 5.74) is 1.12. The van der Waals surface area contributed by atoms with E-state index in [4.69, 9.17) is 14.2 Å². The van der Waals surface area contributed by atoms with Gasteiger partial charge in [-0.2, -0.15) is 0 Å². The van der Waals surface area contributed by atoms with E-state index in [9.17, 15) is 0 Å². The zero-order chi connectivity index (χ0) is 14.8. The van der Waals surface area contributed by atoms with Crippen LogP contribution < -0.4 is 15.0 Å². The molecule has 0 radical (unpaired) electrons. The van der Waals surface area contributed by atoms with E-state index in [-0.39, 0.29) is 0 Å². The van der Waals surface area contributed by atoms with Crippen molar-refractivity contribution in [3.8, 4) is 5.75 Å². The molecular formula is C15H25N3O3. The van der Waals surface area contributed by atoms with E-state index in [2.05, 4.69) is 15.2 Å². The number of ether oxygens (including phenoxy) is 3. The summed E-state index contributed by atoms with van der Waals surface area (Å²) >= 11 is 0. The van der Waals surface area contributed by atoms with Crippen molar-refractivity contribution < 1.29 is 14.2 Å². The summed E-state index contributed by atoms with van der Waals surface area (Å²) in [5, 5.41) is 3.34. The number of anilines is 1. The van der Waals surface area contributed by atoms with Gasteiger partial charge in [0.1, 0.15) is 12.4 Å². The van der Waals surface area contributed by atoms with Gasteiger partial charge in [-0.05, 0) is 6.42 Å². The Kier molecular flexibility index (Phi) is 7.28. The van der Waals surface area contributed by atoms with Gasteiger partial charge in [0.15, 0.2) is 0 Å². The van der Waals surface area contributed by atoms with Gasteiger partial charge in [-0.15, -0.1) is 0 Å². The van der Waals surface area contributed by atoms with E-state index < -0.39 is 0 Å². The molecule has 2 rings (SSSR count). The molecule has 0 aliphatic carbocycles. The van der Waals surface area contributed by atoms with Gasteiger partial charge < -0.3 is 24.4 Å². The molecule has 0 spiro atoms. The Hall–Kier alpha value is -1.37. The van der Waals surface area contributed by atoms with E-state index >= 15 is 0 Å². The molecule has 6 heteroatoms. The number of piperazine rings is 1. The Bertz CT molecular complexity index is 398. The molecule has 0 unspecified atom stereocenters. The average molecular weight is 295 g/mol. The molecule has 1 aliphatic heterocycles. The van der Waals surface area contributed by atoms with Crippen LogP contribution in [0.25, 0.3) is 0 Å². The highest BCUT2D eigenvalue weighted by Crippen LogP contribution is 2.19. The maximum Gasteiger partial charge on any atom is 0.139 e. The van der Waals surface area contributed by atoms with E-state index in [0.29, 0.717) is 19.8 Å². The first kappa shape index (κ1) is 16.0. The number of hydrogen-bond donors (Lipinski definition) is 1. The number of pyridine rings is 1. The molecule has 0 aromatic carbocycles. The lowest BCUT2D eigenvalue weighted by atomic mass is 10.3. The van der Waals surface area contributed by atoms with Crippen LogP contribution in [-0.2, 0) is 9.47 Å². The molecular weight excluding hydrogens is 270 g/mol. The van der Waals surface area contributed by atoms with Crippen LogP contribution in [0.15, 0.2) is 18.5 Å². The Morgan fingerprint density at radius 2 is 2.00 bits per heavy atom. The Morgan fingerprint density at radius 1 is 1.14 bits per heavy atom. The van der Waals surface area contributed by atoms with Gasteiger partial charge >= 0.3 is 0 Å². The number of methoxy groups -OCH3 is 1. The second kappa shape index (κ2) is 9.55.